The second-order valence-electron chi connectivity index (χ2n) is 3.08. The van der Waals surface area contributed by atoms with E-state index in [1.807, 2.05) is 13.8 Å². The van der Waals surface area contributed by atoms with Gasteiger partial charge < -0.3 is 11.5 Å². The summed E-state index contributed by atoms with van der Waals surface area (Å²) in [6.45, 7) is 6.10. The van der Waals surface area contributed by atoms with E-state index in [-0.39, 0.29) is 0 Å². The Bertz CT molecular complexity index is 321. The van der Waals surface area contributed by atoms with Gasteiger partial charge in [-0.2, -0.15) is 0 Å². The lowest BCUT2D eigenvalue weighted by Crippen LogP contribution is -2.00. The summed E-state index contributed by atoms with van der Waals surface area (Å²) >= 11 is 1.76. The van der Waals surface area contributed by atoms with E-state index in [0.29, 0.717) is 0 Å². The molecule has 72 valence electrons. The summed E-state index contributed by atoms with van der Waals surface area (Å²) in [5.74, 6) is 1.03. The molecule has 13 heavy (non-hydrogen) atoms. The minimum Gasteiger partial charge on any atom is -0.398 e. The average molecular weight is 196 g/mol. The summed E-state index contributed by atoms with van der Waals surface area (Å²) in [6, 6.07) is 2.06. The maximum absolute atomic E-state index is 5.94. The van der Waals surface area contributed by atoms with Gasteiger partial charge in [-0.25, -0.2) is 0 Å². The number of aryl methyl sites for hydroxylation is 1. The molecule has 1 aromatic rings. The molecule has 4 N–H and O–H groups in total. The Labute approximate surface area is 83.7 Å². The third-order valence-corrected chi connectivity index (χ3v) is 3.08. The van der Waals surface area contributed by atoms with Gasteiger partial charge in [-0.15, -0.1) is 11.8 Å². The van der Waals surface area contributed by atoms with Crippen LogP contribution in [-0.4, -0.2) is 5.75 Å². The summed E-state index contributed by atoms with van der Waals surface area (Å²) in [6.07, 6.45) is 0. The van der Waals surface area contributed by atoms with Crippen molar-refractivity contribution in [3.63, 3.8) is 0 Å². The number of hydrogen-bond donors (Lipinski definition) is 2. The van der Waals surface area contributed by atoms with Gasteiger partial charge in [-0.05, 0) is 36.8 Å². The van der Waals surface area contributed by atoms with Crippen molar-refractivity contribution >= 4 is 23.1 Å². The lowest BCUT2D eigenvalue weighted by molar-refractivity contribution is 1.30. The van der Waals surface area contributed by atoms with E-state index in [9.17, 15) is 0 Å². The van der Waals surface area contributed by atoms with E-state index in [0.717, 1.165) is 33.2 Å². The first-order valence-electron chi connectivity index (χ1n) is 4.35. The van der Waals surface area contributed by atoms with Gasteiger partial charge in [0, 0.05) is 10.6 Å². The van der Waals surface area contributed by atoms with Crippen LogP contribution in [-0.2, 0) is 0 Å². The van der Waals surface area contributed by atoms with Gasteiger partial charge in [0.1, 0.15) is 0 Å². The maximum atomic E-state index is 5.94. The molecule has 0 heterocycles. The van der Waals surface area contributed by atoms with E-state index in [1.54, 1.807) is 11.8 Å². The Balaban J connectivity index is 3.24. The minimum atomic E-state index is 0.818. The Morgan fingerprint density at radius 3 is 2.38 bits per heavy atom. The lowest BCUT2D eigenvalue weighted by Gasteiger charge is -2.12. The quantitative estimate of drug-likeness (QED) is 0.564. The average Bonchev–Trinajstić information content (AvgIpc) is 2.11. The Kier molecular flexibility index (Phi) is 3.09. The molecule has 2 nitrogen and oxygen atoms in total. The van der Waals surface area contributed by atoms with Crippen LogP contribution in [0.1, 0.15) is 18.1 Å². The van der Waals surface area contributed by atoms with Crippen LogP contribution >= 0.6 is 11.8 Å². The van der Waals surface area contributed by atoms with Gasteiger partial charge in [-0.1, -0.05) is 6.92 Å². The SMILES string of the molecule is CCSc1cc(C)c(N)c(C)c1N. The van der Waals surface area contributed by atoms with Crippen LogP contribution in [0.4, 0.5) is 11.4 Å². The first-order chi connectivity index (χ1) is 6.07. The molecule has 0 saturated heterocycles. The van der Waals surface area contributed by atoms with Crippen molar-refractivity contribution in [3.8, 4) is 0 Å². The molecule has 0 aromatic heterocycles. The lowest BCUT2D eigenvalue weighted by atomic mass is 10.1. The highest BCUT2D eigenvalue weighted by molar-refractivity contribution is 7.99. The van der Waals surface area contributed by atoms with Crippen LogP contribution in [0.15, 0.2) is 11.0 Å². The first kappa shape index (κ1) is 10.3. The highest BCUT2D eigenvalue weighted by atomic mass is 32.2. The molecule has 1 aromatic carbocycles. The molecule has 0 unspecified atom stereocenters. The zero-order valence-electron chi connectivity index (χ0n) is 8.35. The Morgan fingerprint density at radius 1 is 1.23 bits per heavy atom. The third kappa shape index (κ3) is 1.91. The van der Waals surface area contributed by atoms with Gasteiger partial charge >= 0.3 is 0 Å². The number of rotatable bonds is 2. The van der Waals surface area contributed by atoms with E-state index >= 15 is 0 Å². The molecule has 1 rings (SSSR count). The van der Waals surface area contributed by atoms with E-state index < -0.39 is 0 Å². The summed E-state index contributed by atoms with van der Waals surface area (Å²) in [7, 11) is 0. The number of hydrogen-bond acceptors (Lipinski definition) is 3. The smallest absolute Gasteiger partial charge is 0.0502 e. The molecule has 0 aliphatic heterocycles. The molecule has 0 spiro atoms. The molecule has 0 aliphatic rings. The van der Waals surface area contributed by atoms with Crippen molar-refractivity contribution in [2.75, 3.05) is 17.2 Å². The van der Waals surface area contributed by atoms with Crippen molar-refractivity contribution in [3.05, 3.63) is 17.2 Å². The second-order valence-corrected chi connectivity index (χ2v) is 4.38. The monoisotopic (exact) mass is 196 g/mol. The van der Waals surface area contributed by atoms with Crippen LogP contribution in [0.2, 0.25) is 0 Å². The molecule has 0 radical (unpaired) electrons. The second kappa shape index (κ2) is 3.92. The molecule has 0 atom stereocenters. The predicted molar refractivity (Wildman–Crippen MR) is 61.1 cm³/mol. The Morgan fingerprint density at radius 2 is 1.85 bits per heavy atom. The highest BCUT2D eigenvalue weighted by Gasteiger charge is 2.07. The molecule has 0 saturated carbocycles. The van der Waals surface area contributed by atoms with Gasteiger partial charge in [0.2, 0.25) is 0 Å². The zero-order chi connectivity index (χ0) is 10.0. The fourth-order valence-corrected chi connectivity index (χ4v) is 2.13. The molecule has 0 aliphatic carbocycles. The zero-order valence-corrected chi connectivity index (χ0v) is 9.16. The molecule has 0 fully saturated rings. The molecular weight excluding hydrogens is 180 g/mol. The largest absolute Gasteiger partial charge is 0.398 e. The summed E-state index contributed by atoms with van der Waals surface area (Å²) < 4.78 is 0. The van der Waals surface area contributed by atoms with Gasteiger partial charge in [0.15, 0.2) is 0 Å². The van der Waals surface area contributed by atoms with Crippen molar-refractivity contribution in [2.24, 2.45) is 0 Å². The van der Waals surface area contributed by atoms with Crippen LogP contribution in [0.25, 0.3) is 0 Å². The normalized spacial score (nSPS) is 10.4. The summed E-state index contributed by atoms with van der Waals surface area (Å²) in [5, 5.41) is 0. The van der Waals surface area contributed by atoms with Crippen molar-refractivity contribution in [1.82, 2.24) is 0 Å². The van der Waals surface area contributed by atoms with Gasteiger partial charge in [0.25, 0.3) is 0 Å². The van der Waals surface area contributed by atoms with Crippen LogP contribution in [0.5, 0.6) is 0 Å². The van der Waals surface area contributed by atoms with Gasteiger partial charge in [-0.3, -0.25) is 0 Å². The van der Waals surface area contributed by atoms with Crippen LogP contribution < -0.4 is 11.5 Å². The minimum absolute atomic E-state index is 0.818. The molecule has 0 bridgehead atoms. The maximum Gasteiger partial charge on any atom is 0.0502 e. The number of nitrogen functional groups attached to an aromatic ring is 2. The fraction of sp³-hybridized carbons (Fsp3) is 0.400. The van der Waals surface area contributed by atoms with Crippen LogP contribution in [0.3, 0.4) is 0 Å². The first-order valence-corrected chi connectivity index (χ1v) is 5.34. The van der Waals surface area contributed by atoms with Crippen LogP contribution in [0, 0.1) is 13.8 Å². The standard InChI is InChI=1S/C10H16N2S/c1-4-13-8-5-6(2)9(11)7(3)10(8)12/h5H,4,11-12H2,1-3H3. The Hall–Kier alpha value is -0.830. The fourth-order valence-electron chi connectivity index (χ4n) is 1.25. The van der Waals surface area contributed by atoms with E-state index in [4.69, 9.17) is 11.5 Å². The van der Waals surface area contributed by atoms with E-state index in [1.165, 1.54) is 0 Å². The number of anilines is 2. The highest BCUT2D eigenvalue weighted by Crippen LogP contribution is 2.33. The van der Waals surface area contributed by atoms with Crippen molar-refractivity contribution in [2.45, 2.75) is 25.7 Å². The number of thioether (sulfide) groups is 1. The molecule has 0 amide bonds. The topological polar surface area (TPSA) is 52.0 Å². The van der Waals surface area contributed by atoms with Crippen molar-refractivity contribution < 1.29 is 0 Å². The molecular formula is C10H16N2S. The van der Waals surface area contributed by atoms with E-state index in [2.05, 4.69) is 13.0 Å². The third-order valence-electron chi connectivity index (χ3n) is 2.15. The number of nitrogens with two attached hydrogens (primary N) is 2. The predicted octanol–water partition coefficient (Wildman–Crippen LogP) is 2.58. The summed E-state index contributed by atoms with van der Waals surface area (Å²) in [5.41, 5.74) is 15.6. The number of benzene rings is 1. The summed E-state index contributed by atoms with van der Waals surface area (Å²) in [4.78, 5) is 1.15. The van der Waals surface area contributed by atoms with Crippen molar-refractivity contribution in [1.29, 1.82) is 0 Å². The molecule has 3 heteroatoms. The van der Waals surface area contributed by atoms with Gasteiger partial charge in [0.05, 0.1) is 5.69 Å².